The molecule has 0 aliphatic carbocycles. The second kappa shape index (κ2) is 6.03. The summed E-state index contributed by atoms with van der Waals surface area (Å²) in [6, 6.07) is 3.88. The Balaban J connectivity index is 2.09. The summed E-state index contributed by atoms with van der Waals surface area (Å²) in [5.74, 6) is 1.88. The molecule has 0 aromatic carbocycles. The predicted molar refractivity (Wildman–Crippen MR) is 73.4 cm³/mol. The molecule has 2 heterocycles. The topological polar surface area (TPSA) is 62.7 Å². The molecular formula is C12H13N3OS2. The van der Waals surface area contributed by atoms with Gasteiger partial charge in [-0.1, -0.05) is 19.0 Å². The Labute approximate surface area is 114 Å². The van der Waals surface area contributed by atoms with Crippen molar-refractivity contribution in [2.24, 2.45) is 0 Å². The van der Waals surface area contributed by atoms with Gasteiger partial charge in [-0.05, 0) is 17.9 Å². The van der Waals surface area contributed by atoms with Gasteiger partial charge in [-0.2, -0.15) is 22.0 Å². The van der Waals surface area contributed by atoms with Crippen molar-refractivity contribution in [1.82, 2.24) is 10.1 Å². The standard InChI is InChI=1S/C12H13N3OS2/c1-3-8(2)18-7-10-14-12(16-15-10)11-9(6-13)4-5-17-11/h4-5,8H,3,7H2,1-2H3. The Morgan fingerprint density at radius 3 is 3.17 bits per heavy atom. The fourth-order valence-electron chi connectivity index (χ4n) is 1.30. The van der Waals surface area contributed by atoms with E-state index in [2.05, 4.69) is 30.1 Å². The van der Waals surface area contributed by atoms with Gasteiger partial charge < -0.3 is 4.52 Å². The van der Waals surface area contributed by atoms with Crippen molar-refractivity contribution in [1.29, 1.82) is 5.26 Å². The van der Waals surface area contributed by atoms with Gasteiger partial charge in [0, 0.05) is 5.25 Å². The van der Waals surface area contributed by atoms with Crippen LogP contribution in [0.5, 0.6) is 0 Å². The average Bonchev–Trinajstić information content (AvgIpc) is 3.03. The van der Waals surface area contributed by atoms with E-state index in [1.165, 1.54) is 11.3 Å². The van der Waals surface area contributed by atoms with E-state index in [1.54, 1.807) is 17.8 Å². The first-order chi connectivity index (χ1) is 8.74. The number of rotatable bonds is 5. The van der Waals surface area contributed by atoms with Crippen LogP contribution < -0.4 is 0 Å². The first kappa shape index (κ1) is 13.1. The van der Waals surface area contributed by atoms with Gasteiger partial charge >= 0.3 is 0 Å². The van der Waals surface area contributed by atoms with Crippen LogP contribution in [0.2, 0.25) is 0 Å². The van der Waals surface area contributed by atoms with E-state index < -0.39 is 0 Å². The second-order valence-corrected chi connectivity index (χ2v) is 6.16. The van der Waals surface area contributed by atoms with E-state index in [0.717, 1.165) is 17.1 Å². The third-order valence-corrected chi connectivity index (χ3v) is 4.75. The predicted octanol–water partition coefficient (Wildman–Crippen LogP) is 3.70. The number of hydrogen-bond donors (Lipinski definition) is 0. The van der Waals surface area contributed by atoms with Crippen LogP contribution in [0.25, 0.3) is 10.8 Å². The van der Waals surface area contributed by atoms with Gasteiger partial charge in [0.05, 0.1) is 11.3 Å². The molecule has 2 aromatic heterocycles. The van der Waals surface area contributed by atoms with Crippen LogP contribution in [0.4, 0.5) is 0 Å². The zero-order valence-electron chi connectivity index (χ0n) is 10.2. The van der Waals surface area contributed by atoms with Gasteiger partial charge in [0.1, 0.15) is 10.9 Å². The molecule has 0 aliphatic heterocycles. The van der Waals surface area contributed by atoms with E-state index in [4.69, 9.17) is 9.78 Å². The van der Waals surface area contributed by atoms with E-state index in [1.807, 2.05) is 5.38 Å². The first-order valence-corrected chi connectivity index (χ1v) is 7.59. The molecule has 0 N–H and O–H groups in total. The van der Waals surface area contributed by atoms with Crippen LogP contribution in [0, 0.1) is 11.3 Å². The minimum Gasteiger partial charge on any atom is -0.333 e. The van der Waals surface area contributed by atoms with Gasteiger partial charge in [-0.3, -0.25) is 0 Å². The van der Waals surface area contributed by atoms with E-state index >= 15 is 0 Å². The molecule has 0 spiro atoms. The molecule has 0 saturated heterocycles. The van der Waals surface area contributed by atoms with E-state index in [9.17, 15) is 0 Å². The van der Waals surface area contributed by atoms with Crippen LogP contribution in [0.15, 0.2) is 16.0 Å². The third-order valence-electron chi connectivity index (χ3n) is 2.52. The molecule has 0 fully saturated rings. The lowest BCUT2D eigenvalue weighted by Gasteiger charge is -2.04. The maximum atomic E-state index is 8.95. The fourth-order valence-corrected chi connectivity index (χ4v) is 2.85. The highest BCUT2D eigenvalue weighted by molar-refractivity contribution is 7.99. The molecule has 0 saturated carbocycles. The smallest absolute Gasteiger partial charge is 0.269 e. The van der Waals surface area contributed by atoms with Gasteiger partial charge in [-0.25, -0.2) is 0 Å². The molecule has 1 atom stereocenters. The van der Waals surface area contributed by atoms with Gasteiger partial charge in [0.25, 0.3) is 5.89 Å². The van der Waals surface area contributed by atoms with Gasteiger partial charge in [-0.15, -0.1) is 11.3 Å². The molecule has 0 bridgehead atoms. The van der Waals surface area contributed by atoms with Gasteiger partial charge in [0.15, 0.2) is 5.82 Å². The zero-order valence-corrected chi connectivity index (χ0v) is 11.8. The quantitative estimate of drug-likeness (QED) is 0.835. The molecule has 2 aromatic rings. The van der Waals surface area contributed by atoms with Crippen LogP contribution in [-0.2, 0) is 5.75 Å². The number of thioether (sulfide) groups is 1. The number of aromatic nitrogens is 2. The third kappa shape index (κ3) is 2.92. The van der Waals surface area contributed by atoms with Crippen molar-refractivity contribution in [3.63, 3.8) is 0 Å². The molecule has 0 amide bonds. The summed E-state index contributed by atoms with van der Waals surface area (Å²) in [4.78, 5) is 5.08. The maximum Gasteiger partial charge on any atom is 0.269 e. The normalized spacial score (nSPS) is 12.3. The summed E-state index contributed by atoms with van der Waals surface area (Å²) in [7, 11) is 0. The molecule has 4 nitrogen and oxygen atoms in total. The zero-order chi connectivity index (χ0) is 13.0. The Bertz CT molecular complexity index is 556. The van der Waals surface area contributed by atoms with Crippen LogP contribution in [-0.4, -0.2) is 15.4 Å². The minimum atomic E-state index is 0.446. The minimum absolute atomic E-state index is 0.446. The number of nitriles is 1. The molecule has 18 heavy (non-hydrogen) atoms. The van der Waals surface area contributed by atoms with E-state index in [-0.39, 0.29) is 0 Å². The molecule has 0 radical (unpaired) electrons. The molecule has 2 rings (SSSR count). The molecular weight excluding hydrogens is 266 g/mol. The van der Waals surface area contributed by atoms with Crippen molar-refractivity contribution in [3.8, 4) is 16.8 Å². The largest absolute Gasteiger partial charge is 0.333 e. The molecule has 94 valence electrons. The summed E-state index contributed by atoms with van der Waals surface area (Å²) < 4.78 is 5.20. The second-order valence-electron chi connectivity index (χ2n) is 3.82. The Hall–Kier alpha value is -1.32. The van der Waals surface area contributed by atoms with Crippen molar-refractivity contribution < 1.29 is 4.52 Å². The molecule has 1 unspecified atom stereocenters. The van der Waals surface area contributed by atoms with Crippen molar-refractivity contribution in [2.75, 3.05) is 0 Å². The number of hydrogen-bond acceptors (Lipinski definition) is 6. The summed E-state index contributed by atoms with van der Waals surface area (Å²) in [5.41, 5.74) is 0.588. The molecule has 6 heteroatoms. The lowest BCUT2D eigenvalue weighted by Crippen LogP contribution is -1.94. The highest BCUT2D eigenvalue weighted by atomic mass is 32.2. The lowest BCUT2D eigenvalue weighted by molar-refractivity contribution is 0.426. The summed E-state index contributed by atoms with van der Waals surface area (Å²) in [6.45, 7) is 4.34. The van der Waals surface area contributed by atoms with Crippen molar-refractivity contribution >= 4 is 23.1 Å². The maximum absolute atomic E-state index is 8.95. The lowest BCUT2D eigenvalue weighted by atomic mass is 10.3. The monoisotopic (exact) mass is 279 g/mol. The number of nitrogens with zero attached hydrogens (tertiary/aromatic N) is 3. The highest BCUT2D eigenvalue weighted by Gasteiger charge is 2.14. The summed E-state index contributed by atoms with van der Waals surface area (Å²) in [6.07, 6.45) is 1.12. The van der Waals surface area contributed by atoms with Gasteiger partial charge in [0.2, 0.25) is 0 Å². The average molecular weight is 279 g/mol. The van der Waals surface area contributed by atoms with Crippen molar-refractivity contribution in [2.45, 2.75) is 31.3 Å². The fraction of sp³-hybridized carbons (Fsp3) is 0.417. The SMILES string of the molecule is CCC(C)SCc1noc(-c2sccc2C#N)n1. The Morgan fingerprint density at radius 2 is 2.44 bits per heavy atom. The first-order valence-electron chi connectivity index (χ1n) is 5.66. The number of thiophene rings is 1. The van der Waals surface area contributed by atoms with Crippen LogP contribution >= 0.6 is 23.1 Å². The van der Waals surface area contributed by atoms with E-state index in [0.29, 0.717) is 22.5 Å². The highest BCUT2D eigenvalue weighted by Crippen LogP contribution is 2.28. The summed E-state index contributed by atoms with van der Waals surface area (Å²) in [5, 5.41) is 15.3. The Kier molecular flexibility index (Phi) is 4.39. The molecule has 0 aliphatic rings. The summed E-state index contributed by atoms with van der Waals surface area (Å²) >= 11 is 3.25. The van der Waals surface area contributed by atoms with Crippen molar-refractivity contribution in [3.05, 3.63) is 22.8 Å². The van der Waals surface area contributed by atoms with Crippen LogP contribution in [0.3, 0.4) is 0 Å². The Morgan fingerprint density at radius 1 is 1.61 bits per heavy atom. The van der Waals surface area contributed by atoms with Crippen LogP contribution in [0.1, 0.15) is 31.7 Å².